The molecule has 0 aliphatic rings. The van der Waals surface area contributed by atoms with Gasteiger partial charge in [-0.3, -0.25) is 0 Å². The third kappa shape index (κ3) is 8.74. The molecule has 0 amide bonds. The summed E-state index contributed by atoms with van der Waals surface area (Å²) in [5.74, 6) is 0.500. The van der Waals surface area contributed by atoms with Crippen LogP contribution < -0.4 is 0 Å². The molecular formula is C21H42OSn. The summed E-state index contributed by atoms with van der Waals surface area (Å²) in [4.78, 5) is 12.8. The van der Waals surface area contributed by atoms with Crippen LogP contribution in [0.15, 0.2) is 9.67 Å². The molecule has 0 N–H and O–H groups in total. The van der Waals surface area contributed by atoms with Crippen molar-refractivity contribution in [2.24, 2.45) is 0 Å². The van der Waals surface area contributed by atoms with Crippen LogP contribution in [-0.4, -0.2) is 24.2 Å². The van der Waals surface area contributed by atoms with Crippen molar-refractivity contribution < 1.29 is 4.79 Å². The Morgan fingerprint density at radius 3 is 1.52 bits per heavy atom. The molecule has 1 nitrogen and oxygen atoms in total. The van der Waals surface area contributed by atoms with E-state index in [9.17, 15) is 4.79 Å². The normalized spacial score (nSPS) is 12.7. The molecule has 136 valence electrons. The van der Waals surface area contributed by atoms with E-state index in [1.165, 1.54) is 68.3 Å². The molecule has 0 spiro atoms. The SMILES string of the molecule is CCCC/C=[C](/C(=O)CC)[Sn]([CH2]CCC)([CH2]CCC)[CH2]CCC. The van der Waals surface area contributed by atoms with Gasteiger partial charge in [-0.15, -0.1) is 0 Å². The molecule has 0 heterocycles. The van der Waals surface area contributed by atoms with Crippen molar-refractivity contribution >= 4 is 24.2 Å². The predicted octanol–water partition coefficient (Wildman–Crippen LogP) is 7.47. The van der Waals surface area contributed by atoms with Crippen molar-refractivity contribution in [2.45, 2.75) is 112 Å². The molecule has 0 fully saturated rings. The fraction of sp³-hybridized carbons (Fsp3) is 0.857. The number of rotatable bonds is 15. The van der Waals surface area contributed by atoms with Gasteiger partial charge < -0.3 is 0 Å². The molecule has 0 atom stereocenters. The Hall–Kier alpha value is 0.209. The molecule has 23 heavy (non-hydrogen) atoms. The second kappa shape index (κ2) is 14.5. The van der Waals surface area contributed by atoms with Crippen LogP contribution in [0.25, 0.3) is 0 Å². The van der Waals surface area contributed by atoms with E-state index in [4.69, 9.17) is 0 Å². The first-order chi connectivity index (χ1) is 11.1. The van der Waals surface area contributed by atoms with Gasteiger partial charge >= 0.3 is 151 Å². The average molecular weight is 429 g/mol. The number of hydrogen-bond acceptors (Lipinski definition) is 1. The van der Waals surface area contributed by atoms with Crippen molar-refractivity contribution in [3.8, 4) is 0 Å². The number of hydrogen-bond donors (Lipinski definition) is 0. The minimum atomic E-state index is -2.51. The Morgan fingerprint density at radius 1 is 0.739 bits per heavy atom. The zero-order chi connectivity index (χ0) is 17.6. The summed E-state index contributed by atoms with van der Waals surface area (Å²) in [6.07, 6.45) is 14.6. The Balaban J connectivity index is 5.60. The Morgan fingerprint density at radius 2 is 1.17 bits per heavy atom. The van der Waals surface area contributed by atoms with Crippen molar-refractivity contribution in [1.82, 2.24) is 0 Å². The number of Topliss-reactive ketones (excluding diaryl/α,β-unsaturated/α-hetero) is 1. The number of allylic oxidation sites excluding steroid dienone is 2. The Kier molecular flexibility index (Phi) is 14.7. The standard InChI is InChI=1S/C9H15O.3C4H9.Sn/c1-3-5-6-7-8-9(10)4-2;3*1-3-4-2;/h7H,3-6H2,1-2H3;3*1,3-4H2,2H3;. The van der Waals surface area contributed by atoms with Gasteiger partial charge in [-0.1, -0.05) is 0 Å². The van der Waals surface area contributed by atoms with Gasteiger partial charge in [0.05, 0.1) is 0 Å². The molecule has 0 aliphatic heterocycles. The van der Waals surface area contributed by atoms with Gasteiger partial charge in [0.15, 0.2) is 0 Å². The van der Waals surface area contributed by atoms with E-state index in [0.717, 1.165) is 6.42 Å². The summed E-state index contributed by atoms with van der Waals surface area (Å²) >= 11 is -2.51. The molecule has 0 saturated heterocycles. The van der Waals surface area contributed by atoms with Crippen LogP contribution in [-0.2, 0) is 4.79 Å². The third-order valence-electron chi connectivity index (χ3n) is 5.13. The van der Waals surface area contributed by atoms with Crippen LogP contribution in [0, 0.1) is 0 Å². The first-order valence-corrected chi connectivity index (χ1v) is 17.8. The van der Waals surface area contributed by atoms with Gasteiger partial charge in [0.1, 0.15) is 0 Å². The van der Waals surface area contributed by atoms with Crippen molar-refractivity contribution in [3.05, 3.63) is 9.67 Å². The molecule has 0 aromatic heterocycles. The van der Waals surface area contributed by atoms with E-state index in [-0.39, 0.29) is 0 Å². The van der Waals surface area contributed by atoms with Gasteiger partial charge in [-0.2, -0.15) is 0 Å². The van der Waals surface area contributed by atoms with Gasteiger partial charge in [0.2, 0.25) is 0 Å². The van der Waals surface area contributed by atoms with Crippen molar-refractivity contribution in [1.29, 1.82) is 0 Å². The molecule has 0 aromatic carbocycles. The predicted molar refractivity (Wildman–Crippen MR) is 108 cm³/mol. The van der Waals surface area contributed by atoms with Crippen molar-refractivity contribution in [3.63, 3.8) is 0 Å². The molecule has 0 rings (SSSR count). The van der Waals surface area contributed by atoms with Crippen molar-refractivity contribution in [2.75, 3.05) is 0 Å². The summed E-state index contributed by atoms with van der Waals surface area (Å²) < 4.78 is 5.64. The number of ketones is 1. The fourth-order valence-electron chi connectivity index (χ4n) is 3.59. The van der Waals surface area contributed by atoms with Crippen LogP contribution in [0.2, 0.25) is 13.3 Å². The zero-order valence-electron chi connectivity index (χ0n) is 16.7. The molecule has 0 aliphatic carbocycles. The van der Waals surface area contributed by atoms with E-state index in [1.54, 1.807) is 0 Å². The van der Waals surface area contributed by atoms with E-state index < -0.39 is 18.4 Å². The maximum absolute atomic E-state index is 12.8. The zero-order valence-corrected chi connectivity index (χ0v) is 19.5. The Labute approximate surface area is 150 Å². The first kappa shape index (κ1) is 23.2. The molecule has 0 bridgehead atoms. The molecule has 0 aromatic rings. The molecular weight excluding hydrogens is 387 g/mol. The second-order valence-electron chi connectivity index (χ2n) is 7.13. The molecule has 0 radical (unpaired) electrons. The number of carbonyl (C=O) groups is 1. The quantitative estimate of drug-likeness (QED) is 0.150. The minimum absolute atomic E-state index is 0.500. The van der Waals surface area contributed by atoms with Crippen LogP contribution in [0.4, 0.5) is 0 Å². The van der Waals surface area contributed by atoms with Crippen LogP contribution in [0.5, 0.6) is 0 Å². The van der Waals surface area contributed by atoms with Crippen LogP contribution in [0.3, 0.4) is 0 Å². The van der Waals surface area contributed by atoms with E-state index >= 15 is 0 Å². The summed E-state index contributed by atoms with van der Waals surface area (Å²) in [5, 5.41) is 0. The van der Waals surface area contributed by atoms with Gasteiger partial charge in [-0.25, -0.2) is 0 Å². The van der Waals surface area contributed by atoms with Gasteiger partial charge in [0, 0.05) is 0 Å². The average Bonchev–Trinajstić information content (AvgIpc) is 2.58. The Bertz CT molecular complexity index is 311. The van der Waals surface area contributed by atoms with E-state index in [0.29, 0.717) is 12.2 Å². The molecule has 0 unspecified atom stereocenters. The fourth-order valence-corrected chi connectivity index (χ4v) is 20.7. The maximum atomic E-state index is 12.8. The topological polar surface area (TPSA) is 17.1 Å². The monoisotopic (exact) mass is 430 g/mol. The third-order valence-corrected chi connectivity index (χ3v) is 21.0. The molecule has 0 saturated carbocycles. The summed E-state index contributed by atoms with van der Waals surface area (Å²) in [6.45, 7) is 11.2. The summed E-state index contributed by atoms with van der Waals surface area (Å²) in [7, 11) is 0. The summed E-state index contributed by atoms with van der Waals surface area (Å²) in [6, 6.07) is 0. The first-order valence-electron chi connectivity index (χ1n) is 10.4. The number of carbonyl (C=O) groups excluding carboxylic acids is 1. The summed E-state index contributed by atoms with van der Waals surface area (Å²) in [5.41, 5.74) is 0. The van der Waals surface area contributed by atoms with Gasteiger partial charge in [-0.05, 0) is 0 Å². The van der Waals surface area contributed by atoms with Gasteiger partial charge in [0.25, 0.3) is 0 Å². The molecule has 2 heteroatoms. The van der Waals surface area contributed by atoms with Crippen LogP contribution in [0.1, 0.15) is 98.8 Å². The van der Waals surface area contributed by atoms with Crippen LogP contribution >= 0.6 is 0 Å². The second-order valence-corrected chi connectivity index (χ2v) is 20.3. The van der Waals surface area contributed by atoms with E-state index in [2.05, 4.69) is 40.7 Å². The number of unbranched alkanes of at least 4 members (excludes halogenated alkanes) is 5. The van der Waals surface area contributed by atoms with E-state index in [1.807, 2.05) is 0 Å².